The molecule has 0 fully saturated rings. The Bertz CT molecular complexity index is 1140. The first kappa shape index (κ1) is 25.7. The fourth-order valence-corrected chi connectivity index (χ4v) is 3.84. The molecule has 1 heterocycles. The minimum Gasteiger partial charge on any atom is -0.444 e. The first-order chi connectivity index (χ1) is 16.4. The van der Waals surface area contributed by atoms with Gasteiger partial charge in [-0.2, -0.15) is 0 Å². The van der Waals surface area contributed by atoms with Crippen LogP contribution in [0.4, 0.5) is 21.0 Å². The van der Waals surface area contributed by atoms with Crippen LogP contribution in [-0.4, -0.2) is 67.5 Å². The van der Waals surface area contributed by atoms with Crippen LogP contribution in [0.5, 0.6) is 0 Å². The highest BCUT2D eigenvalue weighted by molar-refractivity contribution is 6.12. The Hall–Kier alpha value is -3.88. The second-order valence-electron chi connectivity index (χ2n) is 9.64. The van der Waals surface area contributed by atoms with Crippen molar-refractivity contribution in [1.29, 1.82) is 0 Å². The van der Waals surface area contributed by atoms with Gasteiger partial charge in [0.1, 0.15) is 11.6 Å². The molecule has 2 aromatic carbocycles. The molecule has 0 spiro atoms. The monoisotopic (exact) mass is 480 g/mol. The van der Waals surface area contributed by atoms with Crippen molar-refractivity contribution in [3.05, 3.63) is 59.7 Å². The Morgan fingerprint density at radius 2 is 1.63 bits per heavy atom. The van der Waals surface area contributed by atoms with Gasteiger partial charge >= 0.3 is 12.1 Å². The van der Waals surface area contributed by atoms with Gasteiger partial charge in [0.25, 0.3) is 5.91 Å². The molecule has 0 saturated carbocycles. The zero-order valence-electron chi connectivity index (χ0n) is 21.0. The summed E-state index contributed by atoms with van der Waals surface area (Å²) < 4.78 is 5.35. The van der Waals surface area contributed by atoms with E-state index in [1.165, 1.54) is 14.7 Å². The van der Waals surface area contributed by atoms with Gasteiger partial charge in [0.05, 0.1) is 24.5 Å². The number of rotatable bonds is 4. The molecule has 0 saturated heterocycles. The number of ketones is 1. The van der Waals surface area contributed by atoms with Gasteiger partial charge in [0, 0.05) is 19.7 Å². The summed E-state index contributed by atoms with van der Waals surface area (Å²) in [6.07, 6.45) is -0.788. The number of anilines is 2. The van der Waals surface area contributed by atoms with Crippen molar-refractivity contribution < 1.29 is 23.9 Å². The van der Waals surface area contributed by atoms with E-state index in [9.17, 15) is 19.2 Å². The summed E-state index contributed by atoms with van der Waals surface area (Å²) in [5.74, 6) is -0.769. The zero-order chi connectivity index (χ0) is 25.9. The predicted octanol–water partition coefficient (Wildman–Crippen LogP) is 3.61. The number of carbonyl (C=O) groups is 4. The summed E-state index contributed by atoms with van der Waals surface area (Å²) in [6.45, 7) is 6.60. The van der Waals surface area contributed by atoms with Crippen molar-refractivity contribution in [2.24, 2.45) is 0 Å². The Morgan fingerprint density at radius 1 is 1.03 bits per heavy atom. The molecule has 1 N–H and O–H groups in total. The molecule has 1 atom stereocenters. The molecule has 1 unspecified atom stereocenters. The SMILES string of the molecule is Cc1ccccc1C(=O)CN1C(=O)C(NC(=O)OC(C)(C)C)CN(C(=O)N(C)C)c2ccccc21. The third-order valence-electron chi connectivity index (χ3n) is 5.44. The largest absolute Gasteiger partial charge is 0.444 e. The molecule has 3 rings (SSSR count). The van der Waals surface area contributed by atoms with E-state index in [1.54, 1.807) is 71.3 Å². The highest BCUT2D eigenvalue weighted by atomic mass is 16.6. The van der Waals surface area contributed by atoms with Crippen molar-refractivity contribution in [2.45, 2.75) is 39.3 Å². The van der Waals surface area contributed by atoms with Crippen LogP contribution >= 0.6 is 0 Å². The van der Waals surface area contributed by atoms with Crippen LogP contribution in [0.15, 0.2) is 48.5 Å². The fourth-order valence-electron chi connectivity index (χ4n) is 3.84. The van der Waals surface area contributed by atoms with Gasteiger partial charge in [-0.1, -0.05) is 36.4 Å². The number of ether oxygens (including phenoxy) is 1. The number of urea groups is 1. The standard InChI is InChI=1S/C26H32N4O5/c1-17-11-7-8-12-18(17)22(31)16-29-20-13-9-10-14-21(20)30(25(34)28(5)6)15-19(23(29)32)27-24(33)35-26(2,3)4/h7-14,19H,15-16H2,1-6H3,(H,27,33). The number of nitrogens with one attached hydrogen (secondary N) is 1. The smallest absolute Gasteiger partial charge is 0.408 e. The Kier molecular flexibility index (Phi) is 7.48. The number of alkyl carbamates (subject to hydrolysis) is 1. The van der Waals surface area contributed by atoms with Gasteiger partial charge in [-0.05, 0) is 45.4 Å². The third kappa shape index (κ3) is 5.98. The highest BCUT2D eigenvalue weighted by Gasteiger charge is 2.38. The van der Waals surface area contributed by atoms with E-state index < -0.39 is 23.6 Å². The molecule has 0 aromatic heterocycles. The van der Waals surface area contributed by atoms with E-state index in [2.05, 4.69) is 5.32 Å². The van der Waals surface area contributed by atoms with Gasteiger partial charge in [0.2, 0.25) is 0 Å². The molecular formula is C26H32N4O5. The summed E-state index contributed by atoms with van der Waals surface area (Å²) in [4.78, 5) is 56.8. The number of nitrogens with zero attached hydrogens (tertiary/aromatic N) is 3. The Morgan fingerprint density at radius 3 is 2.23 bits per heavy atom. The molecule has 2 aromatic rings. The van der Waals surface area contributed by atoms with E-state index in [1.807, 2.05) is 19.1 Å². The van der Waals surface area contributed by atoms with Crippen LogP contribution in [0.2, 0.25) is 0 Å². The zero-order valence-corrected chi connectivity index (χ0v) is 21.0. The van der Waals surface area contributed by atoms with Crippen molar-refractivity contribution in [1.82, 2.24) is 10.2 Å². The van der Waals surface area contributed by atoms with Crippen LogP contribution in [0.3, 0.4) is 0 Å². The summed E-state index contributed by atoms with van der Waals surface area (Å²) in [6, 6.07) is 12.5. The number of benzene rings is 2. The number of hydrogen-bond donors (Lipinski definition) is 1. The maximum atomic E-state index is 13.8. The topological polar surface area (TPSA) is 99.3 Å². The van der Waals surface area contributed by atoms with Crippen LogP contribution < -0.4 is 15.1 Å². The summed E-state index contributed by atoms with van der Waals surface area (Å²) >= 11 is 0. The minimum absolute atomic E-state index is 0.124. The first-order valence-corrected chi connectivity index (χ1v) is 11.4. The quantitative estimate of drug-likeness (QED) is 0.674. The maximum Gasteiger partial charge on any atom is 0.408 e. The maximum absolute atomic E-state index is 13.8. The fraction of sp³-hybridized carbons (Fsp3) is 0.385. The number of para-hydroxylation sites is 2. The molecule has 0 aliphatic carbocycles. The van der Waals surface area contributed by atoms with Gasteiger partial charge in [-0.25, -0.2) is 9.59 Å². The molecule has 4 amide bonds. The predicted molar refractivity (Wildman–Crippen MR) is 134 cm³/mol. The molecule has 35 heavy (non-hydrogen) atoms. The van der Waals surface area contributed by atoms with Gasteiger partial charge in [-0.3, -0.25) is 14.5 Å². The van der Waals surface area contributed by atoms with Crippen LogP contribution in [0.25, 0.3) is 0 Å². The number of carbonyl (C=O) groups excluding carboxylic acids is 4. The molecule has 9 heteroatoms. The lowest BCUT2D eigenvalue weighted by Gasteiger charge is -2.28. The van der Waals surface area contributed by atoms with Crippen molar-refractivity contribution in [2.75, 3.05) is 37.0 Å². The van der Waals surface area contributed by atoms with Crippen LogP contribution in [0.1, 0.15) is 36.7 Å². The lowest BCUT2D eigenvalue weighted by atomic mass is 10.0. The number of hydrogen-bond acceptors (Lipinski definition) is 5. The van der Waals surface area contributed by atoms with Crippen molar-refractivity contribution in [3.63, 3.8) is 0 Å². The van der Waals surface area contributed by atoms with Gasteiger partial charge in [-0.15, -0.1) is 0 Å². The Labute approximate surface area is 205 Å². The second kappa shape index (κ2) is 10.2. The molecule has 0 bridgehead atoms. The number of aryl methyl sites for hydroxylation is 1. The molecule has 1 aliphatic rings. The summed E-state index contributed by atoms with van der Waals surface area (Å²) in [7, 11) is 3.21. The molecule has 9 nitrogen and oxygen atoms in total. The normalized spacial score (nSPS) is 15.7. The molecular weight excluding hydrogens is 448 g/mol. The molecule has 186 valence electrons. The summed E-state index contributed by atoms with van der Waals surface area (Å²) in [5, 5.41) is 2.60. The van der Waals surface area contributed by atoms with Crippen molar-refractivity contribution >= 4 is 35.2 Å². The van der Waals surface area contributed by atoms with Gasteiger partial charge in [0.15, 0.2) is 5.78 Å². The van der Waals surface area contributed by atoms with E-state index >= 15 is 0 Å². The van der Waals surface area contributed by atoms with Gasteiger partial charge < -0.3 is 19.9 Å². The molecule has 1 aliphatic heterocycles. The van der Waals surface area contributed by atoms with Crippen LogP contribution in [-0.2, 0) is 9.53 Å². The highest BCUT2D eigenvalue weighted by Crippen LogP contribution is 2.33. The summed E-state index contributed by atoms with van der Waals surface area (Å²) in [5.41, 5.74) is 1.38. The minimum atomic E-state index is -1.13. The number of fused-ring (bicyclic) bond motifs is 1. The van der Waals surface area contributed by atoms with E-state index in [0.29, 0.717) is 16.9 Å². The molecule has 0 radical (unpaired) electrons. The van der Waals surface area contributed by atoms with Crippen LogP contribution in [0, 0.1) is 6.92 Å². The Balaban J connectivity index is 2.05. The lowest BCUT2D eigenvalue weighted by Crippen LogP contribution is -2.55. The second-order valence-corrected chi connectivity index (χ2v) is 9.64. The first-order valence-electron chi connectivity index (χ1n) is 11.4. The van der Waals surface area contributed by atoms with E-state index in [4.69, 9.17) is 4.74 Å². The van der Waals surface area contributed by atoms with E-state index in [0.717, 1.165) is 5.56 Å². The number of Topliss-reactive ketones (excluding diaryl/α,β-unsaturated/α-hetero) is 1. The lowest BCUT2D eigenvalue weighted by molar-refractivity contribution is -0.120. The number of amides is 4. The van der Waals surface area contributed by atoms with E-state index in [-0.39, 0.29) is 24.9 Å². The van der Waals surface area contributed by atoms with Crippen molar-refractivity contribution in [3.8, 4) is 0 Å². The third-order valence-corrected chi connectivity index (χ3v) is 5.44. The average molecular weight is 481 g/mol. The average Bonchev–Trinajstić information content (AvgIpc) is 2.88.